The van der Waals surface area contributed by atoms with Crippen LogP contribution in [0.4, 0.5) is 0 Å². The molecule has 0 saturated heterocycles. The zero-order valence-corrected chi connectivity index (χ0v) is 30.5. The van der Waals surface area contributed by atoms with E-state index in [0.29, 0.717) is 12.8 Å². The smallest absolute Gasteiger partial charge is 0.550 e. The van der Waals surface area contributed by atoms with Crippen molar-refractivity contribution in [3.8, 4) is 0 Å². The molecule has 46 heavy (non-hydrogen) atoms. The summed E-state index contributed by atoms with van der Waals surface area (Å²) < 4.78 is 0. The number of carboxylic acid groups (broad SMARTS) is 3. The molecule has 0 bridgehead atoms. The number of hydrogen-bond acceptors (Lipinski definition) is 9. The molecule has 0 aromatic carbocycles. The Balaban J connectivity index is -0.000000312. The number of carbonyl (C=O) groups excluding carboxylic acids is 6. The van der Waals surface area contributed by atoms with Gasteiger partial charge in [-0.2, -0.15) is 0 Å². The van der Waals surface area contributed by atoms with Gasteiger partial charge in [0.2, 0.25) is 0 Å². The molecule has 0 aliphatic rings. The Bertz CT molecular complexity index is 707. The Morgan fingerprint density at radius 2 is 0.587 bits per heavy atom. The van der Waals surface area contributed by atoms with Crippen LogP contribution < -0.4 is 15.3 Å². The molecule has 0 aliphatic heterocycles. The van der Waals surface area contributed by atoms with Gasteiger partial charge in [-0.15, -0.1) is 0 Å². The Morgan fingerprint density at radius 1 is 0.370 bits per heavy atom. The van der Waals surface area contributed by atoms with Gasteiger partial charge in [-0.05, 0) is 19.8 Å². The summed E-state index contributed by atoms with van der Waals surface area (Å²) in [6.45, 7) is 5.67. The molecular formula is C36H63AlO9. The third kappa shape index (κ3) is 54.4. The van der Waals surface area contributed by atoms with Crippen molar-refractivity contribution < 1.29 is 44.1 Å². The minimum absolute atomic E-state index is 0. The summed E-state index contributed by atoms with van der Waals surface area (Å²) >= 11 is 0. The minimum Gasteiger partial charge on any atom is -0.550 e. The normalized spacial score (nSPS) is 9.98. The van der Waals surface area contributed by atoms with E-state index in [-0.39, 0.29) is 34.7 Å². The van der Waals surface area contributed by atoms with Crippen LogP contribution in [0, 0.1) is 0 Å². The second-order valence-electron chi connectivity index (χ2n) is 12.0. The van der Waals surface area contributed by atoms with Gasteiger partial charge in [0.25, 0.3) is 0 Å². The molecule has 10 heteroatoms. The first-order valence-corrected chi connectivity index (χ1v) is 17.6. The van der Waals surface area contributed by atoms with Crippen LogP contribution in [-0.4, -0.2) is 52.6 Å². The number of carboxylic acids is 3. The summed E-state index contributed by atoms with van der Waals surface area (Å²) in [4.78, 5) is 61.9. The first kappa shape index (κ1) is 50.8. The van der Waals surface area contributed by atoms with Crippen LogP contribution >= 0.6 is 0 Å². The number of aliphatic carboxylic acids is 3. The third-order valence-electron chi connectivity index (χ3n) is 7.19. The van der Waals surface area contributed by atoms with Gasteiger partial charge in [0.05, 0.1) is 0 Å². The van der Waals surface area contributed by atoms with Crippen LogP contribution in [0.3, 0.4) is 0 Å². The zero-order chi connectivity index (χ0) is 34.6. The summed E-state index contributed by atoms with van der Waals surface area (Å²) in [5, 5.41) is 29.8. The molecule has 0 radical (unpaired) electrons. The Morgan fingerprint density at radius 3 is 0.761 bits per heavy atom. The maximum absolute atomic E-state index is 11.1. The number of ketones is 3. The van der Waals surface area contributed by atoms with E-state index in [9.17, 15) is 44.1 Å². The van der Waals surface area contributed by atoms with Gasteiger partial charge in [-0.1, -0.05) is 142 Å². The Kier molecular flexibility index (Phi) is 45.3. The second kappa shape index (κ2) is 41.0. The molecule has 0 atom stereocenters. The van der Waals surface area contributed by atoms with Crippen molar-refractivity contribution in [2.75, 3.05) is 0 Å². The van der Waals surface area contributed by atoms with Crippen LogP contribution in [0.25, 0.3) is 0 Å². The van der Waals surface area contributed by atoms with E-state index in [0.717, 1.165) is 38.5 Å². The van der Waals surface area contributed by atoms with Crippen LogP contribution in [0.15, 0.2) is 0 Å². The molecule has 0 heterocycles. The fourth-order valence-electron chi connectivity index (χ4n) is 4.67. The third-order valence-corrected chi connectivity index (χ3v) is 7.19. The summed E-state index contributed by atoms with van der Waals surface area (Å²) in [5.74, 6) is -4.60. The van der Waals surface area contributed by atoms with Gasteiger partial charge in [0.1, 0.15) is 17.3 Å². The van der Waals surface area contributed by atoms with Gasteiger partial charge < -0.3 is 29.7 Å². The van der Waals surface area contributed by atoms with Gasteiger partial charge in [0.15, 0.2) is 0 Å². The predicted octanol–water partition coefficient (Wildman–Crippen LogP) is 5.13. The SMILES string of the molecule is CC(=O)CC(=O)[O-].CCCCCCCCCCCCCC(=O)CC(=O)[O-].CCCCCCCCCCCCCC(=O)CC(=O)[O-].[Al+3]. The number of Topliss-reactive ketones (excluding diaryl/α,β-unsaturated/α-hetero) is 3. The predicted molar refractivity (Wildman–Crippen MR) is 177 cm³/mol. The molecule has 9 nitrogen and oxygen atoms in total. The van der Waals surface area contributed by atoms with Gasteiger partial charge in [0, 0.05) is 50.0 Å². The van der Waals surface area contributed by atoms with E-state index in [4.69, 9.17) is 0 Å². The van der Waals surface area contributed by atoms with Crippen molar-refractivity contribution in [1.29, 1.82) is 0 Å². The molecule has 0 fully saturated rings. The molecule has 0 aromatic heterocycles. The van der Waals surface area contributed by atoms with Crippen LogP contribution in [0.2, 0.25) is 0 Å². The van der Waals surface area contributed by atoms with Crippen molar-refractivity contribution in [3.63, 3.8) is 0 Å². The van der Waals surface area contributed by atoms with E-state index in [1.807, 2.05) is 0 Å². The molecule has 0 saturated carbocycles. The van der Waals surface area contributed by atoms with Crippen molar-refractivity contribution in [2.24, 2.45) is 0 Å². The van der Waals surface area contributed by atoms with Gasteiger partial charge >= 0.3 is 17.4 Å². The van der Waals surface area contributed by atoms with Crippen molar-refractivity contribution >= 4 is 52.6 Å². The number of rotatable bonds is 30. The maximum atomic E-state index is 11.1. The molecule has 0 N–H and O–H groups in total. The zero-order valence-electron chi connectivity index (χ0n) is 29.3. The molecule has 0 amide bonds. The number of hydrogen-bond donors (Lipinski definition) is 0. The van der Waals surface area contributed by atoms with Crippen molar-refractivity contribution in [3.05, 3.63) is 0 Å². The molecule has 0 aliphatic carbocycles. The quantitative estimate of drug-likeness (QED) is 0.0573. The minimum atomic E-state index is -1.31. The topological polar surface area (TPSA) is 172 Å². The summed E-state index contributed by atoms with van der Waals surface area (Å²) in [5.41, 5.74) is 0. The Hall–Kier alpha value is -2.05. The molecular weight excluding hydrogens is 603 g/mol. The van der Waals surface area contributed by atoms with Gasteiger partial charge in [-0.3, -0.25) is 14.4 Å². The molecule has 0 spiro atoms. The van der Waals surface area contributed by atoms with Gasteiger partial charge in [-0.25, -0.2) is 0 Å². The average Bonchev–Trinajstić information content (AvgIpc) is 2.94. The van der Waals surface area contributed by atoms with Crippen LogP contribution in [0.1, 0.15) is 194 Å². The largest absolute Gasteiger partial charge is 3.00 e. The van der Waals surface area contributed by atoms with Crippen molar-refractivity contribution in [2.45, 2.75) is 194 Å². The number of unbranched alkanes of at least 4 members (excludes halogenated alkanes) is 20. The Labute approximate surface area is 290 Å². The second-order valence-corrected chi connectivity index (χ2v) is 12.0. The summed E-state index contributed by atoms with van der Waals surface area (Å²) in [6.07, 6.45) is 26.7. The van der Waals surface area contributed by atoms with E-state index in [1.54, 1.807) is 0 Å². The fourth-order valence-corrected chi connectivity index (χ4v) is 4.67. The first-order valence-electron chi connectivity index (χ1n) is 17.6. The monoisotopic (exact) mass is 666 g/mol. The average molecular weight is 667 g/mol. The molecule has 0 unspecified atom stereocenters. The van der Waals surface area contributed by atoms with Crippen LogP contribution in [-0.2, 0) is 28.8 Å². The summed E-state index contributed by atoms with van der Waals surface area (Å²) in [7, 11) is 0. The van der Waals surface area contributed by atoms with E-state index < -0.39 is 37.2 Å². The van der Waals surface area contributed by atoms with E-state index in [2.05, 4.69) is 13.8 Å². The fraction of sp³-hybridized carbons (Fsp3) is 0.833. The van der Waals surface area contributed by atoms with Crippen molar-refractivity contribution in [1.82, 2.24) is 0 Å². The van der Waals surface area contributed by atoms with E-state index in [1.165, 1.54) is 110 Å². The first-order chi connectivity index (χ1) is 21.5. The maximum Gasteiger partial charge on any atom is 3.00 e. The molecule has 0 rings (SSSR count). The molecule has 264 valence electrons. The van der Waals surface area contributed by atoms with E-state index >= 15 is 0 Å². The standard InChI is InChI=1S/2C16H30O3.C4H6O3.Al/c2*1-2-3-4-5-6-7-8-9-10-11-12-13-15(17)14-16(18)19;1-3(5)2-4(6)7;/h2*2-14H2,1H3,(H,18,19);2H2,1H3,(H,6,7);/q;;;+3/p-3. The molecule has 0 aromatic rings. The number of carbonyl (C=O) groups is 6. The summed E-state index contributed by atoms with van der Waals surface area (Å²) in [6, 6.07) is 0. The van der Waals surface area contributed by atoms with Crippen LogP contribution in [0.5, 0.6) is 0 Å².